The number of hydrogen-bond acceptors (Lipinski definition) is 8. The van der Waals surface area contributed by atoms with Gasteiger partial charge in [-0.15, -0.1) is 0 Å². The van der Waals surface area contributed by atoms with E-state index >= 15 is 0 Å². The van der Waals surface area contributed by atoms with Crippen molar-refractivity contribution in [3.63, 3.8) is 0 Å². The van der Waals surface area contributed by atoms with Gasteiger partial charge in [-0.3, -0.25) is 19.2 Å². The molecule has 0 aromatic rings. The lowest BCUT2D eigenvalue weighted by Gasteiger charge is -2.25. The topological polar surface area (TPSA) is 188 Å². The maximum atomic E-state index is 12.9. The second-order valence-electron chi connectivity index (χ2n) is 7.65. The molecule has 0 fully saturated rings. The molecule has 3 amide bonds. The molecule has 4 atom stereocenters. The van der Waals surface area contributed by atoms with Crippen molar-refractivity contribution in [3.05, 3.63) is 0 Å². The zero-order valence-electron chi connectivity index (χ0n) is 18.5. The number of aliphatic carboxylic acids is 2. The van der Waals surface area contributed by atoms with Crippen molar-refractivity contribution in [2.45, 2.75) is 63.7 Å². The third-order valence-electron chi connectivity index (χ3n) is 4.39. The van der Waals surface area contributed by atoms with E-state index in [0.717, 1.165) is 0 Å². The van der Waals surface area contributed by atoms with Gasteiger partial charge in [-0.1, -0.05) is 13.8 Å². The molecule has 184 valence electrons. The number of nitrogens with two attached hydrogens (primary N) is 1. The highest BCUT2D eigenvalue weighted by Gasteiger charge is 2.30. The van der Waals surface area contributed by atoms with Gasteiger partial charge in [-0.05, 0) is 37.2 Å². The van der Waals surface area contributed by atoms with E-state index in [1.54, 1.807) is 0 Å². The van der Waals surface area contributed by atoms with Crippen LogP contribution in [0.5, 0.6) is 0 Å². The largest absolute Gasteiger partial charge is 0.481 e. The molecule has 0 radical (unpaired) electrons. The maximum Gasteiger partial charge on any atom is 0.327 e. The van der Waals surface area contributed by atoms with E-state index in [4.69, 9.17) is 15.9 Å². The van der Waals surface area contributed by atoms with E-state index in [1.165, 1.54) is 11.8 Å². The third kappa shape index (κ3) is 12.2. The van der Waals surface area contributed by atoms with Crippen LogP contribution in [0.1, 0.15) is 39.5 Å². The van der Waals surface area contributed by atoms with E-state index in [-0.39, 0.29) is 24.5 Å². The second kappa shape index (κ2) is 15.8. The molecule has 0 aromatic carbocycles. The lowest BCUT2D eigenvalue weighted by molar-refractivity contribution is -0.142. The molecule has 0 aromatic heterocycles. The molecule has 0 rings (SSSR count). The molecular weight excluding hydrogens is 460 g/mol. The minimum absolute atomic E-state index is 0.0142. The van der Waals surface area contributed by atoms with Crippen LogP contribution in [0.15, 0.2) is 0 Å². The Morgan fingerprint density at radius 2 is 1.44 bits per heavy atom. The van der Waals surface area contributed by atoms with E-state index in [1.807, 2.05) is 20.1 Å². The normalized spacial score (nSPS) is 14.7. The zero-order valence-corrected chi connectivity index (χ0v) is 20.2. The summed E-state index contributed by atoms with van der Waals surface area (Å²) in [7, 11) is 0. The summed E-state index contributed by atoms with van der Waals surface area (Å²) in [6, 6.07) is -4.42. The first-order valence-corrected chi connectivity index (χ1v) is 12.2. The molecule has 13 heteroatoms. The Bertz CT molecular complexity index is 664. The molecule has 0 saturated heterocycles. The Hall–Kier alpha value is -1.99. The fraction of sp³-hybridized carbons (Fsp3) is 0.737. The van der Waals surface area contributed by atoms with Crippen LogP contribution in [-0.2, 0) is 24.0 Å². The zero-order chi connectivity index (χ0) is 24.8. The van der Waals surface area contributed by atoms with Crippen molar-refractivity contribution in [1.82, 2.24) is 16.0 Å². The maximum absolute atomic E-state index is 12.9. The Morgan fingerprint density at radius 3 is 1.91 bits per heavy atom. The van der Waals surface area contributed by atoms with Crippen molar-refractivity contribution in [1.29, 1.82) is 0 Å². The first-order chi connectivity index (χ1) is 14.9. The molecule has 0 saturated carbocycles. The van der Waals surface area contributed by atoms with Crippen molar-refractivity contribution < 1.29 is 34.2 Å². The Labute approximate surface area is 197 Å². The van der Waals surface area contributed by atoms with Gasteiger partial charge in [0.1, 0.15) is 18.1 Å². The summed E-state index contributed by atoms with van der Waals surface area (Å²) in [6.45, 7) is 3.69. The average Bonchev–Trinajstić information content (AvgIpc) is 2.71. The fourth-order valence-corrected chi connectivity index (χ4v) is 3.36. The smallest absolute Gasteiger partial charge is 0.327 e. The predicted octanol–water partition coefficient (Wildman–Crippen LogP) is -0.553. The van der Waals surface area contributed by atoms with Gasteiger partial charge in [0.05, 0.1) is 6.04 Å². The van der Waals surface area contributed by atoms with Crippen molar-refractivity contribution >= 4 is 54.1 Å². The molecule has 0 aliphatic rings. The molecule has 0 heterocycles. The van der Waals surface area contributed by atoms with E-state index < -0.39 is 60.2 Å². The van der Waals surface area contributed by atoms with E-state index in [2.05, 4.69) is 28.6 Å². The van der Waals surface area contributed by atoms with Gasteiger partial charge in [0.2, 0.25) is 17.7 Å². The first kappa shape index (κ1) is 30.0. The number of nitrogens with one attached hydrogen (secondary N) is 3. The Kier molecular flexibility index (Phi) is 14.8. The number of rotatable bonds is 16. The van der Waals surface area contributed by atoms with Gasteiger partial charge in [-0.2, -0.15) is 24.4 Å². The summed E-state index contributed by atoms with van der Waals surface area (Å²) in [4.78, 5) is 59.9. The lowest BCUT2D eigenvalue weighted by Crippen LogP contribution is -2.57. The van der Waals surface area contributed by atoms with Gasteiger partial charge in [-0.25, -0.2) is 4.79 Å². The highest BCUT2D eigenvalue weighted by molar-refractivity contribution is 7.98. The predicted molar refractivity (Wildman–Crippen MR) is 125 cm³/mol. The Balaban J connectivity index is 5.43. The minimum Gasteiger partial charge on any atom is -0.481 e. The van der Waals surface area contributed by atoms with Gasteiger partial charge < -0.3 is 31.9 Å². The van der Waals surface area contributed by atoms with Crippen LogP contribution in [-0.4, -0.2) is 81.8 Å². The van der Waals surface area contributed by atoms with Crippen LogP contribution in [0.25, 0.3) is 0 Å². The number of hydrogen-bond donors (Lipinski definition) is 7. The van der Waals surface area contributed by atoms with Gasteiger partial charge in [0.25, 0.3) is 0 Å². The van der Waals surface area contributed by atoms with Gasteiger partial charge in [0, 0.05) is 12.2 Å². The standard InChI is InChI=1S/C19H34N4O7S2/c1-10(2)8-13(22-16(26)11(20)6-7-32-3)18(28)21-12(4-5-15(24)25)17(27)23-14(9-31)19(29)30/h10-14,31H,4-9,20H2,1-3H3,(H,21,28)(H,22,26)(H,23,27)(H,24,25)(H,29,30). The number of amides is 3. The number of carboxylic acids is 2. The number of thiol groups is 1. The van der Waals surface area contributed by atoms with Gasteiger partial charge >= 0.3 is 11.9 Å². The van der Waals surface area contributed by atoms with Crippen molar-refractivity contribution in [2.75, 3.05) is 17.8 Å². The summed E-state index contributed by atoms with van der Waals surface area (Å²) in [5.41, 5.74) is 5.86. The van der Waals surface area contributed by atoms with E-state index in [0.29, 0.717) is 12.2 Å². The lowest BCUT2D eigenvalue weighted by atomic mass is 10.0. The number of carbonyl (C=O) groups excluding carboxylic acids is 3. The highest BCUT2D eigenvalue weighted by atomic mass is 32.2. The second-order valence-corrected chi connectivity index (χ2v) is 9.01. The summed E-state index contributed by atoms with van der Waals surface area (Å²) in [6.07, 6.45) is 1.87. The number of carbonyl (C=O) groups is 5. The molecule has 4 unspecified atom stereocenters. The van der Waals surface area contributed by atoms with Gasteiger partial charge in [0.15, 0.2) is 0 Å². The van der Waals surface area contributed by atoms with Crippen LogP contribution in [0.3, 0.4) is 0 Å². The molecule has 0 bridgehead atoms. The van der Waals surface area contributed by atoms with Crippen LogP contribution in [0.4, 0.5) is 0 Å². The Morgan fingerprint density at radius 1 is 0.906 bits per heavy atom. The first-order valence-electron chi connectivity index (χ1n) is 10.1. The molecule has 32 heavy (non-hydrogen) atoms. The van der Waals surface area contributed by atoms with Crippen LogP contribution < -0.4 is 21.7 Å². The minimum atomic E-state index is -1.32. The molecule has 11 nitrogen and oxygen atoms in total. The molecule has 0 aliphatic heterocycles. The summed E-state index contributed by atoms with van der Waals surface area (Å²) >= 11 is 5.40. The van der Waals surface area contributed by atoms with Crippen LogP contribution in [0.2, 0.25) is 0 Å². The summed E-state index contributed by atoms with van der Waals surface area (Å²) in [5.74, 6) is -4.06. The number of thioether (sulfide) groups is 1. The van der Waals surface area contributed by atoms with E-state index in [9.17, 15) is 24.0 Å². The number of carboxylic acid groups (broad SMARTS) is 2. The molecule has 7 N–H and O–H groups in total. The monoisotopic (exact) mass is 494 g/mol. The third-order valence-corrected chi connectivity index (χ3v) is 5.40. The van der Waals surface area contributed by atoms with Crippen LogP contribution in [0, 0.1) is 5.92 Å². The molecule has 0 aliphatic carbocycles. The molecule has 0 spiro atoms. The fourth-order valence-electron chi connectivity index (χ4n) is 2.62. The van der Waals surface area contributed by atoms with Crippen molar-refractivity contribution in [2.24, 2.45) is 11.7 Å². The quantitative estimate of drug-likeness (QED) is 0.138. The average molecular weight is 495 g/mol. The van der Waals surface area contributed by atoms with Crippen molar-refractivity contribution in [3.8, 4) is 0 Å². The summed E-state index contributed by atoms with van der Waals surface area (Å²) in [5, 5.41) is 25.3. The highest BCUT2D eigenvalue weighted by Crippen LogP contribution is 2.08. The summed E-state index contributed by atoms with van der Waals surface area (Å²) < 4.78 is 0. The SMILES string of the molecule is CSCCC(N)C(=O)NC(CC(C)C)C(=O)NC(CCC(=O)O)C(=O)NC(CS)C(=O)O. The van der Waals surface area contributed by atoms with Crippen LogP contribution >= 0.6 is 24.4 Å². The molecular formula is C19H34N4O7S2.